The molecular formula is C25H26FN5O4. The number of carbonyl (C=O) groups excluding carboxylic acids is 3. The first-order valence-electron chi connectivity index (χ1n) is 12.1. The lowest BCUT2D eigenvalue weighted by atomic mass is 9.95. The molecule has 1 aliphatic carbocycles. The molecule has 0 bridgehead atoms. The number of ether oxygens (including phenoxy) is 1. The predicted octanol–water partition coefficient (Wildman–Crippen LogP) is 1.78. The van der Waals surface area contributed by atoms with Gasteiger partial charge in [-0.25, -0.2) is 14.4 Å². The van der Waals surface area contributed by atoms with E-state index in [1.807, 2.05) is 12.1 Å². The van der Waals surface area contributed by atoms with E-state index in [0.29, 0.717) is 30.4 Å². The molecule has 1 aromatic carbocycles. The molecule has 3 amide bonds. The van der Waals surface area contributed by atoms with E-state index in [1.165, 1.54) is 12.4 Å². The van der Waals surface area contributed by atoms with Crippen molar-refractivity contribution in [3.05, 3.63) is 53.4 Å². The van der Waals surface area contributed by atoms with E-state index in [1.54, 1.807) is 11.0 Å². The Morgan fingerprint density at radius 1 is 1.06 bits per heavy atom. The Kier molecular flexibility index (Phi) is 5.47. The summed E-state index contributed by atoms with van der Waals surface area (Å²) in [5, 5.41) is 2.33. The van der Waals surface area contributed by atoms with Crippen LogP contribution in [0.15, 0.2) is 30.6 Å². The minimum Gasteiger partial charge on any atom is -0.489 e. The molecule has 182 valence electrons. The zero-order valence-electron chi connectivity index (χ0n) is 19.2. The molecule has 6 rings (SSSR count). The molecule has 0 radical (unpaired) electrons. The van der Waals surface area contributed by atoms with E-state index in [9.17, 15) is 18.8 Å². The largest absolute Gasteiger partial charge is 0.489 e. The lowest BCUT2D eigenvalue weighted by molar-refractivity contribution is -0.136. The highest BCUT2D eigenvalue weighted by Gasteiger charge is 2.42. The molecule has 9 nitrogen and oxygen atoms in total. The molecule has 3 fully saturated rings. The van der Waals surface area contributed by atoms with Crippen LogP contribution in [0.1, 0.15) is 59.8 Å². The van der Waals surface area contributed by atoms with Gasteiger partial charge in [0.2, 0.25) is 11.8 Å². The average molecular weight is 480 g/mol. The molecule has 4 heterocycles. The van der Waals surface area contributed by atoms with Gasteiger partial charge in [0.15, 0.2) is 5.82 Å². The van der Waals surface area contributed by atoms with Crippen LogP contribution in [0, 0.1) is 5.82 Å². The van der Waals surface area contributed by atoms with Crippen LogP contribution in [-0.2, 0) is 16.1 Å². The molecular weight excluding hydrogens is 453 g/mol. The lowest BCUT2D eigenvalue weighted by Crippen LogP contribution is -2.54. The van der Waals surface area contributed by atoms with Gasteiger partial charge in [-0.15, -0.1) is 0 Å². The van der Waals surface area contributed by atoms with E-state index < -0.39 is 17.8 Å². The Hall–Kier alpha value is -3.40. The van der Waals surface area contributed by atoms with Crippen molar-refractivity contribution in [2.24, 2.45) is 0 Å². The minimum absolute atomic E-state index is 0.0477. The number of carbonyl (C=O) groups is 3. The van der Waals surface area contributed by atoms with Crippen molar-refractivity contribution in [1.29, 1.82) is 0 Å². The molecule has 3 aliphatic heterocycles. The highest BCUT2D eigenvalue weighted by atomic mass is 19.1. The number of benzene rings is 1. The van der Waals surface area contributed by atoms with Crippen molar-refractivity contribution in [1.82, 2.24) is 25.1 Å². The number of imide groups is 1. The van der Waals surface area contributed by atoms with E-state index >= 15 is 0 Å². The number of hydrogen-bond acceptors (Lipinski definition) is 7. The molecule has 2 saturated heterocycles. The lowest BCUT2D eigenvalue weighted by Gasteiger charge is -2.44. The van der Waals surface area contributed by atoms with Gasteiger partial charge >= 0.3 is 0 Å². The number of rotatable bonds is 5. The first-order valence-corrected chi connectivity index (χ1v) is 12.1. The second-order valence-electron chi connectivity index (χ2n) is 9.78. The van der Waals surface area contributed by atoms with Crippen molar-refractivity contribution in [3.8, 4) is 5.75 Å². The van der Waals surface area contributed by atoms with Crippen LogP contribution in [-0.4, -0.2) is 68.8 Å². The summed E-state index contributed by atoms with van der Waals surface area (Å²) >= 11 is 0. The second kappa shape index (κ2) is 8.67. The fourth-order valence-corrected chi connectivity index (χ4v) is 5.74. The van der Waals surface area contributed by atoms with Gasteiger partial charge < -0.3 is 9.64 Å². The Morgan fingerprint density at radius 3 is 2.63 bits per heavy atom. The van der Waals surface area contributed by atoms with Crippen LogP contribution in [0.5, 0.6) is 5.75 Å². The third-order valence-electron chi connectivity index (χ3n) is 7.58. The summed E-state index contributed by atoms with van der Waals surface area (Å²) in [5.74, 6) is 0.294. The first kappa shape index (κ1) is 22.1. The maximum Gasteiger partial charge on any atom is 0.255 e. The zero-order valence-corrected chi connectivity index (χ0v) is 19.2. The van der Waals surface area contributed by atoms with Crippen molar-refractivity contribution >= 4 is 17.7 Å². The molecule has 10 heteroatoms. The van der Waals surface area contributed by atoms with Crippen LogP contribution in [0.4, 0.5) is 4.39 Å². The minimum atomic E-state index is -0.624. The monoisotopic (exact) mass is 479 g/mol. The topological polar surface area (TPSA) is 105 Å². The van der Waals surface area contributed by atoms with Crippen LogP contribution in [0.3, 0.4) is 0 Å². The van der Waals surface area contributed by atoms with Gasteiger partial charge in [-0.05, 0) is 49.4 Å². The summed E-state index contributed by atoms with van der Waals surface area (Å²) in [4.78, 5) is 48.8. The molecule has 1 aromatic heterocycles. The zero-order chi connectivity index (χ0) is 24.1. The summed E-state index contributed by atoms with van der Waals surface area (Å²) in [6.45, 7) is 1.99. The van der Waals surface area contributed by atoms with Crippen LogP contribution in [0.25, 0.3) is 0 Å². The Labute approximate surface area is 201 Å². The average Bonchev–Trinajstić information content (AvgIpc) is 3.38. The summed E-state index contributed by atoms with van der Waals surface area (Å²) in [7, 11) is 0. The Bertz CT molecular complexity index is 1180. The number of halogens is 1. The number of piperidine rings is 1. The molecule has 4 aliphatic rings. The molecule has 3 atom stereocenters. The number of nitrogens with one attached hydrogen (secondary N) is 1. The molecule has 1 N–H and O–H groups in total. The predicted molar refractivity (Wildman–Crippen MR) is 121 cm³/mol. The van der Waals surface area contributed by atoms with E-state index in [4.69, 9.17) is 4.74 Å². The van der Waals surface area contributed by atoms with Crippen molar-refractivity contribution in [2.75, 3.05) is 13.1 Å². The van der Waals surface area contributed by atoms with Gasteiger partial charge in [-0.2, -0.15) is 0 Å². The van der Waals surface area contributed by atoms with Gasteiger partial charge in [0.05, 0.1) is 12.4 Å². The Balaban J connectivity index is 1.10. The number of nitrogens with zero attached hydrogens (tertiary/aromatic N) is 4. The number of likely N-dealkylation sites (tertiary alicyclic amines) is 1. The molecule has 0 spiro atoms. The fraction of sp³-hybridized carbons (Fsp3) is 0.480. The molecule has 35 heavy (non-hydrogen) atoms. The number of hydrogen-bond donors (Lipinski definition) is 1. The standard InChI is InChI=1S/C25H26FN5O4/c26-16-9-27-23(28-10-16)15-11-30(12-15)19-2-1-3-21(19)35-17-4-5-18-14(8-17)13-31(25(18)34)20-6-7-22(32)29-24(20)33/h4-5,8-10,15,19-21H,1-3,6-7,11-13H2,(H,29,32,33)/t19-,20?,21-/m1/s1. The summed E-state index contributed by atoms with van der Waals surface area (Å²) < 4.78 is 19.5. The smallest absolute Gasteiger partial charge is 0.255 e. The van der Waals surface area contributed by atoms with Gasteiger partial charge in [-0.3, -0.25) is 24.6 Å². The second-order valence-corrected chi connectivity index (χ2v) is 9.78. The summed E-state index contributed by atoms with van der Waals surface area (Å²) in [6.07, 6.45) is 6.14. The third kappa shape index (κ3) is 4.05. The highest BCUT2D eigenvalue weighted by molar-refractivity contribution is 6.05. The summed E-state index contributed by atoms with van der Waals surface area (Å²) in [5.41, 5.74) is 1.42. The number of amides is 3. The van der Waals surface area contributed by atoms with E-state index in [2.05, 4.69) is 20.2 Å². The van der Waals surface area contributed by atoms with Gasteiger partial charge in [0, 0.05) is 43.6 Å². The highest BCUT2D eigenvalue weighted by Crippen LogP contribution is 2.36. The molecule has 1 unspecified atom stereocenters. The third-order valence-corrected chi connectivity index (χ3v) is 7.58. The molecule has 2 aromatic rings. The fourth-order valence-electron chi connectivity index (χ4n) is 5.74. The maximum absolute atomic E-state index is 13.1. The molecule has 1 saturated carbocycles. The van der Waals surface area contributed by atoms with Crippen LogP contribution >= 0.6 is 0 Å². The SMILES string of the molecule is O=C1CCC(N2Cc3cc(O[C@@H]4CCC[C@H]4N4CC(c5ncc(F)cn5)C4)ccc3C2=O)C(=O)N1. The Morgan fingerprint density at radius 2 is 1.86 bits per heavy atom. The maximum atomic E-state index is 13.1. The quantitative estimate of drug-likeness (QED) is 0.652. The normalized spacial score (nSPS) is 27.1. The van der Waals surface area contributed by atoms with E-state index in [0.717, 1.165) is 43.7 Å². The van der Waals surface area contributed by atoms with Crippen molar-refractivity contribution in [3.63, 3.8) is 0 Å². The van der Waals surface area contributed by atoms with Crippen molar-refractivity contribution in [2.45, 2.75) is 62.8 Å². The van der Waals surface area contributed by atoms with Crippen molar-refractivity contribution < 1.29 is 23.5 Å². The van der Waals surface area contributed by atoms with Gasteiger partial charge in [-0.1, -0.05) is 0 Å². The number of fused-ring (bicyclic) bond motifs is 1. The summed E-state index contributed by atoms with van der Waals surface area (Å²) in [6, 6.07) is 5.17. The van der Waals surface area contributed by atoms with Crippen LogP contribution < -0.4 is 10.1 Å². The number of aromatic nitrogens is 2. The van der Waals surface area contributed by atoms with E-state index in [-0.39, 0.29) is 30.3 Å². The first-order chi connectivity index (χ1) is 17.0. The van der Waals surface area contributed by atoms with Gasteiger partial charge in [0.25, 0.3) is 5.91 Å². The van der Waals surface area contributed by atoms with Gasteiger partial charge in [0.1, 0.15) is 23.7 Å². The van der Waals surface area contributed by atoms with Crippen LogP contribution in [0.2, 0.25) is 0 Å².